The van der Waals surface area contributed by atoms with E-state index in [1.54, 1.807) is 11.8 Å². The van der Waals surface area contributed by atoms with Gasteiger partial charge >= 0.3 is 0 Å². The van der Waals surface area contributed by atoms with Gasteiger partial charge in [0.1, 0.15) is 0 Å². The molecule has 0 heterocycles. The van der Waals surface area contributed by atoms with Crippen LogP contribution in [0.1, 0.15) is 39.0 Å². The number of aliphatic hydroxyl groups is 1. The Hall–Kier alpha value is 0.310. The zero-order chi connectivity index (χ0) is 8.10. The molecule has 0 amide bonds. The van der Waals surface area contributed by atoms with Gasteiger partial charge in [-0.2, -0.15) is 0 Å². The Balaban J connectivity index is 2.05. The largest absolute Gasteiger partial charge is 0.383 e. The Morgan fingerprint density at radius 2 is 2.00 bits per heavy atom. The molecule has 1 aliphatic carbocycles. The third-order valence-corrected chi connectivity index (χ3v) is 3.44. The molecular weight excluding hydrogens is 156 g/mol. The number of thioether (sulfide) groups is 1. The minimum atomic E-state index is -0.170. The van der Waals surface area contributed by atoms with Gasteiger partial charge in [-0.25, -0.2) is 0 Å². The van der Waals surface area contributed by atoms with Crippen molar-refractivity contribution in [1.82, 2.24) is 0 Å². The van der Waals surface area contributed by atoms with Crippen LogP contribution in [0.2, 0.25) is 0 Å². The molecule has 1 aliphatic rings. The monoisotopic (exact) mass is 174 g/mol. The highest BCUT2D eigenvalue weighted by atomic mass is 32.2. The summed E-state index contributed by atoms with van der Waals surface area (Å²) in [6.07, 6.45) is 7.02. The lowest BCUT2D eigenvalue weighted by molar-refractivity contribution is 0.282. The van der Waals surface area contributed by atoms with Crippen molar-refractivity contribution in [2.45, 2.75) is 44.5 Å². The van der Waals surface area contributed by atoms with Crippen molar-refractivity contribution in [2.24, 2.45) is 5.92 Å². The first kappa shape index (κ1) is 9.40. The molecular formula is C9H18OS. The Morgan fingerprint density at radius 3 is 2.55 bits per heavy atom. The van der Waals surface area contributed by atoms with Crippen LogP contribution >= 0.6 is 11.8 Å². The smallest absolute Gasteiger partial charge is 0.0964 e. The molecule has 1 atom stereocenters. The summed E-state index contributed by atoms with van der Waals surface area (Å²) in [6.45, 7) is 1.85. The van der Waals surface area contributed by atoms with E-state index in [9.17, 15) is 0 Å². The van der Waals surface area contributed by atoms with Crippen molar-refractivity contribution in [2.75, 3.05) is 5.75 Å². The standard InChI is InChI=1S/C9H18OS/c1-8(10)11-7-9-5-3-2-4-6-9/h8-10H,2-7H2,1H3. The van der Waals surface area contributed by atoms with Crippen LogP contribution in [0, 0.1) is 5.92 Å². The summed E-state index contributed by atoms with van der Waals surface area (Å²) < 4.78 is 0. The van der Waals surface area contributed by atoms with Crippen molar-refractivity contribution >= 4 is 11.8 Å². The van der Waals surface area contributed by atoms with Crippen molar-refractivity contribution < 1.29 is 5.11 Å². The number of rotatable bonds is 3. The second kappa shape index (κ2) is 5.04. The minimum absolute atomic E-state index is 0.170. The van der Waals surface area contributed by atoms with Crippen LogP contribution in [0.15, 0.2) is 0 Å². The quantitative estimate of drug-likeness (QED) is 0.664. The SMILES string of the molecule is CC(O)SCC1CCCCC1. The summed E-state index contributed by atoms with van der Waals surface area (Å²) in [6, 6.07) is 0. The predicted octanol–water partition coefficient (Wildman–Crippen LogP) is 2.64. The Morgan fingerprint density at radius 1 is 1.36 bits per heavy atom. The van der Waals surface area contributed by atoms with Gasteiger partial charge in [0, 0.05) is 0 Å². The molecule has 1 saturated carbocycles. The van der Waals surface area contributed by atoms with E-state index in [1.807, 2.05) is 6.92 Å². The van der Waals surface area contributed by atoms with E-state index in [4.69, 9.17) is 5.11 Å². The lowest BCUT2D eigenvalue weighted by atomic mass is 9.91. The highest BCUT2D eigenvalue weighted by Crippen LogP contribution is 2.27. The molecule has 1 fully saturated rings. The molecule has 1 unspecified atom stereocenters. The van der Waals surface area contributed by atoms with Crippen LogP contribution < -0.4 is 0 Å². The maximum Gasteiger partial charge on any atom is 0.0964 e. The van der Waals surface area contributed by atoms with Gasteiger partial charge in [-0.1, -0.05) is 19.3 Å². The fourth-order valence-electron chi connectivity index (χ4n) is 1.63. The van der Waals surface area contributed by atoms with Crippen LogP contribution in [0.4, 0.5) is 0 Å². The van der Waals surface area contributed by atoms with E-state index < -0.39 is 0 Å². The van der Waals surface area contributed by atoms with Crippen LogP contribution in [-0.2, 0) is 0 Å². The van der Waals surface area contributed by atoms with Crippen LogP contribution in [0.25, 0.3) is 0 Å². The first-order valence-electron chi connectivity index (χ1n) is 4.58. The molecule has 0 spiro atoms. The molecule has 1 rings (SSSR count). The van der Waals surface area contributed by atoms with E-state index in [0.29, 0.717) is 0 Å². The second-order valence-electron chi connectivity index (χ2n) is 3.44. The van der Waals surface area contributed by atoms with Crippen LogP contribution in [0.5, 0.6) is 0 Å². The Labute approximate surface area is 73.6 Å². The zero-order valence-corrected chi connectivity index (χ0v) is 8.07. The van der Waals surface area contributed by atoms with Gasteiger partial charge in [-0.15, -0.1) is 11.8 Å². The number of aliphatic hydroxyl groups excluding tert-OH is 1. The summed E-state index contributed by atoms with van der Waals surface area (Å²) in [5.74, 6) is 2.06. The topological polar surface area (TPSA) is 20.2 Å². The van der Waals surface area contributed by atoms with Crippen molar-refractivity contribution in [3.05, 3.63) is 0 Å². The maximum absolute atomic E-state index is 9.05. The molecule has 0 aliphatic heterocycles. The molecule has 1 nitrogen and oxygen atoms in total. The molecule has 0 aromatic rings. The Bertz CT molecular complexity index is 97.7. The molecule has 0 aromatic heterocycles. The third kappa shape index (κ3) is 4.02. The van der Waals surface area contributed by atoms with E-state index in [1.165, 1.54) is 32.1 Å². The van der Waals surface area contributed by atoms with Gasteiger partial charge in [-0.3, -0.25) is 0 Å². The van der Waals surface area contributed by atoms with E-state index >= 15 is 0 Å². The fourth-order valence-corrected chi connectivity index (χ4v) is 2.51. The van der Waals surface area contributed by atoms with E-state index in [0.717, 1.165) is 11.7 Å². The van der Waals surface area contributed by atoms with E-state index in [-0.39, 0.29) is 5.44 Å². The van der Waals surface area contributed by atoms with Gasteiger partial charge in [0.2, 0.25) is 0 Å². The molecule has 0 bridgehead atoms. The summed E-state index contributed by atoms with van der Waals surface area (Å²) in [5.41, 5.74) is -0.170. The highest BCUT2D eigenvalue weighted by Gasteiger charge is 2.13. The van der Waals surface area contributed by atoms with Gasteiger partial charge in [0.05, 0.1) is 5.44 Å². The van der Waals surface area contributed by atoms with E-state index in [2.05, 4.69) is 0 Å². The predicted molar refractivity (Wildman–Crippen MR) is 50.7 cm³/mol. The van der Waals surface area contributed by atoms with Gasteiger partial charge in [0.15, 0.2) is 0 Å². The molecule has 0 saturated heterocycles. The Kier molecular flexibility index (Phi) is 4.31. The molecule has 2 heteroatoms. The average molecular weight is 174 g/mol. The maximum atomic E-state index is 9.05. The third-order valence-electron chi connectivity index (χ3n) is 2.30. The van der Waals surface area contributed by atoms with Gasteiger partial charge < -0.3 is 5.11 Å². The van der Waals surface area contributed by atoms with Crippen molar-refractivity contribution in [3.63, 3.8) is 0 Å². The summed E-state index contributed by atoms with van der Waals surface area (Å²) >= 11 is 1.69. The van der Waals surface area contributed by atoms with Crippen LogP contribution in [0.3, 0.4) is 0 Å². The first-order valence-corrected chi connectivity index (χ1v) is 5.63. The molecule has 11 heavy (non-hydrogen) atoms. The molecule has 0 aromatic carbocycles. The first-order chi connectivity index (χ1) is 5.29. The molecule has 0 radical (unpaired) electrons. The number of hydrogen-bond acceptors (Lipinski definition) is 2. The summed E-state index contributed by atoms with van der Waals surface area (Å²) in [4.78, 5) is 0. The molecule has 66 valence electrons. The normalized spacial score (nSPS) is 23.5. The lowest BCUT2D eigenvalue weighted by Crippen LogP contribution is -2.10. The zero-order valence-electron chi connectivity index (χ0n) is 7.25. The van der Waals surface area contributed by atoms with Crippen LogP contribution in [-0.4, -0.2) is 16.3 Å². The number of hydrogen-bond donors (Lipinski definition) is 1. The van der Waals surface area contributed by atoms with Crippen molar-refractivity contribution in [1.29, 1.82) is 0 Å². The summed E-state index contributed by atoms with van der Waals surface area (Å²) in [7, 11) is 0. The summed E-state index contributed by atoms with van der Waals surface area (Å²) in [5, 5.41) is 9.05. The second-order valence-corrected chi connectivity index (χ2v) is 4.79. The molecule has 1 N–H and O–H groups in total. The highest BCUT2D eigenvalue weighted by molar-refractivity contribution is 7.99. The average Bonchev–Trinajstić information content (AvgIpc) is 2.03. The minimum Gasteiger partial charge on any atom is -0.383 e. The van der Waals surface area contributed by atoms with Gasteiger partial charge in [0.25, 0.3) is 0 Å². The van der Waals surface area contributed by atoms with Crippen molar-refractivity contribution in [3.8, 4) is 0 Å². The fraction of sp³-hybridized carbons (Fsp3) is 1.00. The van der Waals surface area contributed by atoms with Gasteiger partial charge in [-0.05, 0) is 31.4 Å². The lowest BCUT2D eigenvalue weighted by Gasteiger charge is -2.21.